The standard InChI is InChI=1S/C11H18N4O2/c1-16-7-9(17-2)6-15-10-4-3-8(5-14-10)11(12)13/h3-5,9H,6-7H2,1-2H3,(H3,12,13)(H,14,15). The van der Waals surface area contributed by atoms with Gasteiger partial charge in [-0.15, -0.1) is 0 Å². The molecule has 6 nitrogen and oxygen atoms in total. The van der Waals surface area contributed by atoms with E-state index in [4.69, 9.17) is 20.6 Å². The first-order valence-electron chi connectivity index (χ1n) is 5.23. The molecule has 0 saturated heterocycles. The number of nitrogens with one attached hydrogen (secondary N) is 2. The Bertz CT molecular complexity index is 353. The second kappa shape index (κ2) is 6.82. The van der Waals surface area contributed by atoms with Gasteiger partial charge in [0.1, 0.15) is 11.7 Å². The van der Waals surface area contributed by atoms with E-state index in [2.05, 4.69) is 10.3 Å². The van der Waals surface area contributed by atoms with Gasteiger partial charge in [0.2, 0.25) is 0 Å². The molecule has 0 spiro atoms. The fourth-order valence-electron chi connectivity index (χ4n) is 1.27. The Morgan fingerprint density at radius 1 is 1.53 bits per heavy atom. The summed E-state index contributed by atoms with van der Waals surface area (Å²) in [4.78, 5) is 4.14. The average molecular weight is 238 g/mol. The quantitative estimate of drug-likeness (QED) is 0.473. The Labute approximate surface area is 101 Å². The van der Waals surface area contributed by atoms with Crippen LogP contribution in [0.5, 0.6) is 0 Å². The van der Waals surface area contributed by atoms with Crippen molar-refractivity contribution in [3.63, 3.8) is 0 Å². The van der Waals surface area contributed by atoms with Crippen molar-refractivity contribution < 1.29 is 9.47 Å². The van der Waals surface area contributed by atoms with Crippen LogP contribution in [0.2, 0.25) is 0 Å². The van der Waals surface area contributed by atoms with E-state index in [-0.39, 0.29) is 11.9 Å². The maximum absolute atomic E-state index is 7.24. The minimum atomic E-state index is -0.0192. The Morgan fingerprint density at radius 3 is 2.76 bits per heavy atom. The molecule has 1 unspecified atom stereocenters. The highest BCUT2D eigenvalue weighted by molar-refractivity contribution is 5.94. The predicted molar refractivity (Wildman–Crippen MR) is 66.4 cm³/mol. The largest absolute Gasteiger partial charge is 0.384 e. The Morgan fingerprint density at radius 2 is 2.29 bits per heavy atom. The smallest absolute Gasteiger partial charge is 0.126 e. The number of aromatic nitrogens is 1. The number of nitrogens with zero attached hydrogens (tertiary/aromatic N) is 1. The van der Waals surface area contributed by atoms with E-state index in [0.717, 1.165) is 0 Å². The number of ether oxygens (including phenoxy) is 2. The molecular formula is C11H18N4O2. The van der Waals surface area contributed by atoms with E-state index in [9.17, 15) is 0 Å². The SMILES string of the molecule is COCC(CNc1ccc(C(=N)N)cn1)OC. The summed E-state index contributed by atoms with van der Waals surface area (Å²) in [6.45, 7) is 1.13. The van der Waals surface area contributed by atoms with Crippen LogP contribution in [0.25, 0.3) is 0 Å². The van der Waals surface area contributed by atoms with Gasteiger partial charge in [-0.2, -0.15) is 0 Å². The second-order valence-electron chi connectivity index (χ2n) is 3.54. The third kappa shape index (κ3) is 4.38. The van der Waals surface area contributed by atoms with E-state index in [1.165, 1.54) is 0 Å². The van der Waals surface area contributed by atoms with Crippen molar-refractivity contribution >= 4 is 11.7 Å². The van der Waals surface area contributed by atoms with E-state index >= 15 is 0 Å². The molecule has 94 valence electrons. The molecule has 0 radical (unpaired) electrons. The van der Waals surface area contributed by atoms with Crippen LogP contribution in [-0.2, 0) is 9.47 Å². The number of hydrogen-bond donors (Lipinski definition) is 3. The van der Waals surface area contributed by atoms with Crippen LogP contribution in [0, 0.1) is 5.41 Å². The molecule has 1 heterocycles. The first-order chi connectivity index (χ1) is 8.17. The first kappa shape index (κ1) is 13.4. The van der Waals surface area contributed by atoms with Crippen molar-refractivity contribution in [2.24, 2.45) is 5.73 Å². The van der Waals surface area contributed by atoms with Crippen LogP contribution >= 0.6 is 0 Å². The third-order valence-corrected chi connectivity index (χ3v) is 2.27. The van der Waals surface area contributed by atoms with Crippen molar-refractivity contribution in [3.8, 4) is 0 Å². The highest BCUT2D eigenvalue weighted by Gasteiger charge is 2.06. The summed E-state index contributed by atoms with van der Waals surface area (Å²) in [5.41, 5.74) is 5.94. The molecule has 6 heteroatoms. The predicted octanol–water partition coefficient (Wildman–Crippen LogP) is 0.439. The van der Waals surface area contributed by atoms with Crippen LogP contribution in [0.1, 0.15) is 5.56 Å². The fourth-order valence-corrected chi connectivity index (χ4v) is 1.27. The highest BCUT2D eigenvalue weighted by atomic mass is 16.5. The maximum Gasteiger partial charge on any atom is 0.126 e. The van der Waals surface area contributed by atoms with Crippen LogP contribution in [0.15, 0.2) is 18.3 Å². The van der Waals surface area contributed by atoms with E-state index in [1.54, 1.807) is 32.5 Å². The lowest BCUT2D eigenvalue weighted by atomic mass is 10.2. The zero-order valence-electron chi connectivity index (χ0n) is 10.1. The molecule has 0 amide bonds. The number of nitrogens with two attached hydrogens (primary N) is 1. The summed E-state index contributed by atoms with van der Waals surface area (Å²) in [6, 6.07) is 3.52. The van der Waals surface area contributed by atoms with Gasteiger partial charge in [-0.3, -0.25) is 5.41 Å². The number of methoxy groups -OCH3 is 2. The number of pyridine rings is 1. The first-order valence-corrected chi connectivity index (χ1v) is 5.23. The topological polar surface area (TPSA) is 93.2 Å². The minimum absolute atomic E-state index is 0.0122. The van der Waals surface area contributed by atoms with Gasteiger partial charge in [-0.25, -0.2) is 4.98 Å². The molecule has 0 aliphatic heterocycles. The van der Waals surface area contributed by atoms with E-state index in [0.29, 0.717) is 24.5 Å². The van der Waals surface area contributed by atoms with Gasteiger partial charge in [-0.1, -0.05) is 0 Å². The average Bonchev–Trinajstić information content (AvgIpc) is 2.35. The fraction of sp³-hybridized carbons (Fsp3) is 0.455. The van der Waals surface area contributed by atoms with Gasteiger partial charge in [0, 0.05) is 32.5 Å². The van der Waals surface area contributed by atoms with Crippen molar-refractivity contribution in [2.45, 2.75) is 6.10 Å². The summed E-state index contributed by atoms with van der Waals surface area (Å²) in [5.74, 6) is 0.728. The summed E-state index contributed by atoms with van der Waals surface area (Å²) >= 11 is 0. The van der Waals surface area contributed by atoms with Crippen molar-refractivity contribution in [3.05, 3.63) is 23.9 Å². The number of anilines is 1. The lowest BCUT2D eigenvalue weighted by molar-refractivity contribution is 0.0365. The summed E-state index contributed by atoms with van der Waals surface area (Å²) in [7, 11) is 3.27. The number of amidine groups is 1. The molecule has 0 saturated carbocycles. The number of nitrogen functional groups attached to an aromatic ring is 1. The van der Waals surface area contributed by atoms with Gasteiger partial charge >= 0.3 is 0 Å². The monoisotopic (exact) mass is 238 g/mol. The minimum Gasteiger partial charge on any atom is -0.384 e. The van der Waals surface area contributed by atoms with Crippen LogP contribution in [-0.4, -0.2) is 44.3 Å². The van der Waals surface area contributed by atoms with Gasteiger partial charge in [0.25, 0.3) is 0 Å². The normalized spacial score (nSPS) is 12.1. The lowest BCUT2D eigenvalue weighted by Gasteiger charge is -2.15. The molecule has 0 bridgehead atoms. The molecule has 1 atom stereocenters. The van der Waals surface area contributed by atoms with Crippen LogP contribution in [0.3, 0.4) is 0 Å². The van der Waals surface area contributed by atoms with Gasteiger partial charge in [-0.05, 0) is 12.1 Å². The van der Waals surface area contributed by atoms with Crippen LogP contribution in [0.4, 0.5) is 5.82 Å². The van der Waals surface area contributed by atoms with Gasteiger partial charge in [0.15, 0.2) is 0 Å². The molecule has 17 heavy (non-hydrogen) atoms. The van der Waals surface area contributed by atoms with E-state index in [1.807, 2.05) is 0 Å². The molecule has 1 aromatic rings. The van der Waals surface area contributed by atoms with Crippen molar-refractivity contribution in [1.82, 2.24) is 4.98 Å². The zero-order valence-corrected chi connectivity index (χ0v) is 10.1. The van der Waals surface area contributed by atoms with Gasteiger partial charge < -0.3 is 20.5 Å². The molecule has 1 aromatic heterocycles. The molecule has 0 aromatic carbocycles. The molecular weight excluding hydrogens is 220 g/mol. The maximum atomic E-state index is 7.24. The molecule has 0 fully saturated rings. The third-order valence-electron chi connectivity index (χ3n) is 2.27. The molecule has 4 N–H and O–H groups in total. The van der Waals surface area contributed by atoms with Crippen LogP contribution < -0.4 is 11.1 Å². The Balaban J connectivity index is 2.48. The molecule has 1 rings (SSSR count). The number of rotatable bonds is 7. The number of hydrogen-bond acceptors (Lipinski definition) is 5. The van der Waals surface area contributed by atoms with E-state index < -0.39 is 0 Å². The highest BCUT2D eigenvalue weighted by Crippen LogP contribution is 2.05. The van der Waals surface area contributed by atoms with Crippen molar-refractivity contribution in [1.29, 1.82) is 5.41 Å². The zero-order chi connectivity index (χ0) is 12.7. The lowest BCUT2D eigenvalue weighted by Crippen LogP contribution is -2.26. The second-order valence-corrected chi connectivity index (χ2v) is 3.54. The van der Waals surface area contributed by atoms with Gasteiger partial charge in [0.05, 0.1) is 12.7 Å². The molecule has 0 aliphatic carbocycles. The Kier molecular flexibility index (Phi) is 5.38. The Hall–Kier alpha value is -1.66. The summed E-state index contributed by atoms with van der Waals surface area (Å²) in [6.07, 6.45) is 1.54. The summed E-state index contributed by atoms with van der Waals surface area (Å²) in [5, 5.41) is 10.4. The van der Waals surface area contributed by atoms with Crippen molar-refractivity contribution in [2.75, 3.05) is 32.7 Å². The molecule has 0 aliphatic rings. The summed E-state index contributed by atoms with van der Waals surface area (Å²) < 4.78 is 10.2.